The van der Waals surface area contributed by atoms with Gasteiger partial charge in [0.2, 0.25) is 11.8 Å². The molecule has 4 unspecified atom stereocenters. The lowest BCUT2D eigenvalue weighted by Gasteiger charge is -2.67. The molecule has 0 aliphatic heterocycles. The van der Waals surface area contributed by atoms with Gasteiger partial charge in [0.25, 0.3) is 0 Å². The highest BCUT2D eigenvalue weighted by Gasteiger charge is 2.69. The summed E-state index contributed by atoms with van der Waals surface area (Å²) in [4.78, 5) is 51.9. The molecule has 49 heavy (non-hydrogen) atoms. The van der Waals surface area contributed by atoms with Crippen molar-refractivity contribution < 1.29 is 39.6 Å². The number of hydrogen-bond donors (Lipinski definition) is 7. The predicted molar refractivity (Wildman–Crippen MR) is 190 cm³/mol. The van der Waals surface area contributed by atoms with Gasteiger partial charge in [0.05, 0.1) is 17.7 Å². The van der Waals surface area contributed by atoms with E-state index in [1.807, 2.05) is 0 Å². The van der Waals surface area contributed by atoms with E-state index in [4.69, 9.17) is 10.8 Å². The van der Waals surface area contributed by atoms with Crippen LogP contribution in [0.25, 0.3) is 0 Å². The van der Waals surface area contributed by atoms with Crippen molar-refractivity contribution in [1.29, 1.82) is 0 Å². The first-order valence-electron chi connectivity index (χ1n) is 18.7. The lowest BCUT2D eigenvalue weighted by Crippen LogP contribution is -2.73. The molecule has 0 spiro atoms. The third-order valence-electron chi connectivity index (χ3n) is 13.8. The third kappa shape index (κ3) is 7.97. The van der Waals surface area contributed by atoms with E-state index in [-0.39, 0.29) is 42.3 Å². The minimum absolute atomic E-state index is 0.0448. The molecular weight excluding hydrogens is 646 g/mol. The SMILES string of the molecule is CC(C)CCC[C@@H](C)[C@H]1CCC2C3C[C@@H](N(CC(=O)O)C(=O)[C@@H](CS)NC(=O)CCC(N)C(=O)O)[C@@]4(O)C[C@@H](O)CC[C@]4(C)C3CC[C@@]21C. The second-order valence-corrected chi connectivity index (χ2v) is 17.4. The number of carboxylic acids is 2. The van der Waals surface area contributed by atoms with Gasteiger partial charge in [0, 0.05) is 24.0 Å². The van der Waals surface area contributed by atoms with Crippen molar-refractivity contribution in [3.63, 3.8) is 0 Å². The van der Waals surface area contributed by atoms with E-state index in [1.165, 1.54) is 24.2 Å². The Morgan fingerprint density at radius 1 is 0.980 bits per heavy atom. The van der Waals surface area contributed by atoms with Gasteiger partial charge in [-0.1, -0.05) is 53.9 Å². The van der Waals surface area contributed by atoms with E-state index in [2.05, 4.69) is 52.6 Å². The van der Waals surface area contributed by atoms with Gasteiger partial charge in [0.1, 0.15) is 18.6 Å². The number of nitrogens with one attached hydrogen (secondary N) is 1. The number of rotatable bonds is 15. The molecule has 4 saturated carbocycles. The van der Waals surface area contributed by atoms with Crippen LogP contribution in [-0.4, -0.2) is 91.2 Å². The molecule has 0 bridgehead atoms. The van der Waals surface area contributed by atoms with Crippen molar-refractivity contribution in [3.05, 3.63) is 0 Å². The van der Waals surface area contributed by atoms with Crippen molar-refractivity contribution in [2.24, 2.45) is 52.1 Å². The van der Waals surface area contributed by atoms with Crippen LogP contribution >= 0.6 is 12.6 Å². The van der Waals surface area contributed by atoms with E-state index < -0.39 is 65.5 Å². The van der Waals surface area contributed by atoms with Crippen LogP contribution in [0.15, 0.2) is 0 Å². The summed E-state index contributed by atoms with van der Waals surface area (Å²) in [6, 6.07) is -3.32. The van der Waals surface area contributed by atoms with Gasteiger partial charge in [-0.25, -0.2) is 0 Å². The summed E-state index contributed by atoms with van der Waals surface area (Å²) in [6.07, 6.45) is 8.34. The van der Waals surface area contributed by atoms with Crippen molar-refractivity contribution in [3.8, 4) is 0 Å². The summed E-state index contributed by atoms with van der Waals surface area (Å²) in [5.41, 5.74) is 3.49. The van der Waals surface area contributed by atoms with E-state index >= 15 is 0 Å². The topological polar surface area (TPSA) is 190 Å². The molecule has 4 aliphatic rings. The minimum Gasteiger partial charge on any atom is -0.480 e. The first-order chi connectivity index (χ1) is 22.9. The highest BCUT2D eigenvalue weighted by atomic mass is 32.1. The zero-order valence-corrected chi connectivity index (χ0v) is 31.2. The number of carboxylic acid groups (broad SMARTS) is 2. The molecule has 4 fully saturated rings. The fourth-order valence-electron chi connectivity index (χ4n) is 11.2. The number of fused-ring (bicyclic) bond motifs is 5. The fraction of sp³-hybridized carbons (Fsp3) is 0.892. The van der Waals surface area contributed by atoms with Gasteiger partial charge in [-0.2, -0.15) is 12.6 Å². The number of aliphatic carboxylic acids is 2. The van der Waals surface area contributed by atoms with Gasteiger partial charge < -0.3 is 36.4 Å². The number of thiol groups is 1. The molecule has 0 aromatic rings. The molecule has 12 atom stereocenters. The van der Waals surface area contributed by atoms with E-state index in [0.717, 1.165) is 25.7 Å². The maximum absolute atomic E-state index is 14.3. The van der Waals surface area contributed by atoms with Crippen molar-refractivity contribution in [1.82, 2.24) is 10.2 Å². The van der Waals surface area contributed by atoms with Crippen molar-refractivity contribution >= 4 is 36.4 Å². The van der Waals surface area contributed by atoms with Gasteiger partial charge in [-0.15, -0.1) is 0 Å². The smallest absolute Gasteiger partial charge is 0.323 e. The molecule has 11 nitrogen and oxygen atoms in total. The van der Waals surface area contributed by atoms with Crippen LogP contribution < -0.4 is 11.1 Å². The van der Waals surface area contributed by atoms with E-state index in [9.17, 15) is 34.5 Å². The zero-order chi connectivity index (χ0) is 36.5. The number of hydrogen-bond acceptors (Lipinski definition) is 8. The average molecular weight is 710 g/mol. The third-order valence-corrected chi connectivity index (χ3v) is 14.2. The molecule has 2 amide bonds. The molecule has 0 saturated heterocycles. The Hall–Kier alpha value is -1.89. The van der Waals surface area contributed by atoms with Crippen LogP contribution in [0.3, 0.4) is 0 Å². The van der Waals surface area contributed by atoms with Gasteiger partial charge in [-0.3, -0.25) is 19.2 Å². The second kappa shape index (κ2) is 15.8. The monoisotopic (exact) mass is 709 g/mol. The molecule has 4 rings (SSSR count). The first kappa shape index (κ1) is 39.9. The quantitative estimate of drug-likeness (QED) is 0.123. The normalized spacial score (nSPS) is 37.3. The van der Waals surface area contributed by atoms with Crippen molar-refractivity contribution in [2.75, 3.05) is 12.3 Å². The van der Waals surface area contributed by atoms with E-state index in [0.29, 0.717) is 42.9 Å². The number of nitrogens with two attached hydrogens (primary N) is 1. The number of aliphatic hydroxyl groups is 2. The Labute approximate surface area is 297 Å². The van der Waals surface area contributed by atoms with E-state index in [1.54, 1.807) is 0 Å². The molecular formula is C37H63N3O8S. The number of amides is 2. The Kier molecular flexibility index (Phi) is 12.8. The van der Waals surface area contributed by atoms with Crippen LogP contribution in [0.5, 0.6) is 0 Å². The summed E-state index contributed by atoms with van der Waals surface area (Å²) >= 11 is 4.33. The van der Waals surface area contributed by atoms with Gasteiger partial charge in [0.15, 0.2) is 0 Å². The molecule has 0 aromatic carbocycles. The number of aliphatic hydroxyl groups excluding tert-OH is 1. The van der Waals surface area contributed by atoms with Crippen LogP contribution in [0.4, 0.5) is 0 Å². The molecule has 0 heterocycles. The van der Waals surface area contributed by atoms with Gasteiger partial charge in [-0.05, 0) is 92.3 Å². The maximum atomic E-state index is 14.3. The van der Waals surface area contributed by atoms with Crippen molar-refractivity contribution in [2.45, 2.75) is 148 Å². The summed E-state index contributed by atoms with van der Waals surface area (Å²) < 4.78 is 0. The standard InChI is InChI=1S/C37H63N3O8S/c1-21(2)7-6-8-22(3)25-9-10-26-24-17-30(37(48)18-23(41)13-16-36(37,5)27(24)14-15-35(25,26)4)40(19-32(43)44)33(45)29(20-49)39-31(42)12-11-28(38)34(46)47/h21-30,41,48-49H,6-20,38H2,1-5H3,(H,39,42)(H,43,44)(H,46,47)/t22-,23+,24?,25-,26?,27?,28?,29-,30-,35-,36-,37+/m1/s1. The minimum atomic E-state index is -1.54. The Bertz CT molecular complexity index is 1220. The van der Waals surface area contributed by atoms with Crippen LogP contribution in [0.1, 0.15) is 118 Å². The van der Waals surface area contributed by atoms with Crippen LogP contribution in [0.2, 0.25) is 0 Å². The molecule has 7 N–H and O–H groups in total. The molecule has 4 aliphatic carbocycles. The molecule has 0 aromatic heterocycles. The molecule has 12 heteroatoms. The summed E-state index contributed by atoms with van der Waals surface area (Å²) in [7, 11) is 0. The first-order valence-corrected chi connectivity index (χ1v) is 19.3. The fourth-order valence-corrected chi connectivity index (χ4v) is 11.5. The highest BCUT2D eigenvalue weighted by molar-refractivity contribution is 7.80. The maximum Gasteiger partial charge on any atom is 0.323 e. The Morgan fingerprint density at radius 2 is 1.67 bits per heavy atom. The number of nitrogens with zero attached hydrogens (tertiary/aromatic N) is 1. The van der Waals surface area contributed by atoms with Crippen LogP contribution in [-0.2, 0) is 19.2 Å². The number of carbonyl (C=O) groups excluding carboxylic acids is 2. The largest absolute Gasteiger partial charge is 0.480 e. The Morgan fingerprint density at radius 3 is 2.29 bits per heavy atom. The average Bonchev–Trinajstić information content (AvgIpc) is 3.38. The predicted octanol–water partition coefficient (Wildman–Crippen LogP) is 4.08. The lowest BCUT2D eigenvalue weighted by molar-refractivity contribution is -0.250. The summed E-state index contributed by atoms with van der Waals surface area (Å²) in [6.45, 7) is 10.8. The van der Waals surface area contributed by atoms with Gasteiger partial charge >= 0.3 is 11.9 Å². The second-order valence-electron chi connectivity index (χ2n) is 17.0. The zero-order valence-electron chi connectivity index (χ0n) is 30.3. The summed E-state index contributed by atoms with van der Waals surface area (Å²) in [5.74, 6) is -1.27. The summed E-state index contributed by atoms with van der Waals surface area (Å²) in [5, 5.41) is 45.6. The number of carbonyl (C=O) groups is 4. The molecule has 280 valence electrons. The van der Waals surface area contributed by atoms with Crippen LogP contribution in [0, 0.1) is 46.3 Å². The highest BCUT2D eigenvalue weighted by Crippen LogP contribution is 2.69. The lowest BCUT2D eigenvalue weighted by atomic mass is 9.41. The Balaban J connectivity index is 1.66. The molecule has 0 radical (unpaired) electrons.